The van der Waals surface area contributed by atoms with Gasteiger partial charge in [-0.3, -0.25) is 15.0 Å². The predicted octanol–water partition coefficient (Wildman–Crippen LogP) is 2.09. The lowest BCUT2D eigenvalue weighted by Crippen LogP contribution is -2.37. The van der Waals surface area contributed by atoms with E-state index < -0.39 is 23.9 Å². The third-order valence-electron chi connectivity index (χ3n) is 4.16. The Morgan fingerprint density at radius 2 is 1.87 bits per heavy atom. The van der Waals surface area contributed by atoms with Crippen LogP contribution in [0.25, 0.3) is 6.08 Å². The number of carboxylic acid groups (broad SMARTS) is 2. The van der Waals surface area contributed by atoms with Crippen LogP contribution in [0.4, 0.5) is 0 Å². The molecule has 1 aromatic carbocycles. The lowest BCUT2D eigenvalue weighted by Gasteiger charge is -2.13. The average Bonchev–Trinajstić information content (AvgIpc) is 3.16. The van der Waals surface area contributed by atoms with Crippen molar-refractivity contribution in [1.82, 2.24) is 5.32 Å². The van der Waals surface area contributed by atoms with Crippen LogP contribution in [0.15, 0.2) is 46.4 Å². The van der Waals surface area contributed by atoms with E-state index in [9.17, 15) is 14.4 Å². The number of aliphatic carboxylic acids is 2. The third-order valence-corrected chi connectivity index (χ3v) is 4.16. The van der Waals surface area contributed by atoms with Crippen LogP contribution in [0, 0.1) is 5.41 Å². The number of benzene rings is 1. The number of furan rings is 1. The summed E-state index contributed by atoms with van der Waals surface area (Å²) >= 11 is 0. The first-order valence-corrected chi connectivity index (χ1v) is 9.27. The minimum absolute atomic E-state index is 0.0208. The summed E-state index contributed by atoms with van der Waals surface area (Å²) in [5, 5.41) is 28.0. The lowest BCUT2D eigenvalue weighted by atomic mass is 10.1. The van der Waals surface area contributed by atoms with Crippen LogP contribution in [0.5, 0.6) is 5.75 Å². The largest absolute Gasteiger partial charge is 0.481 e. The zero-order valence-electron chi connectivity index (χ0n) is 16.8. The van der Waals surface area contributed by atoms with Gasteiger partial charge in [-0.2, -0.15) is 0 Å². The van der Waals surface area contributed by atoms with Crippen molar-refractivity contribution >= 4 is 29.8 Å². The molecule has 0 aliphatic carbocycles. The highest BCUT2D eigenvalue weighted by molar-refractivity contribution is 5.95. The molecule has 1 atom stereocenters. The second kappa shape index (κ2) is 10.7. The van der Waals surface area contributed by atoms with E-state index in [4.69, 9.17) is 30.5 Å². The zero-order chi connectivity index (χ0) is 23.0. The molecule has 2 rings (SSSR count). The summed E-state index contributed by atoms with van der Waals surface area (Å²) in [4.78, 5) is 34.0. The van der Waals surface area contributed by atoms with Gasteiger partial charge in [-0.25, -0.2) is 4.79 Å². The van der Waals surface area contributed by atoms with E-state index >= 15 is 0 Å². The molecule has 1 aromatic heterocycles. The molecule has 0 fully saturated rings. The van der Waals surface area contributed by atoms with E-state index in [-0.39, 0.29) is 36.7 Å². The lowest BCUT2D eigenvalue weighted by molar-refractivity contribution is -0.140. The van der Waals surface area contributed by atoms with Crippen LogP contribution in [0.3, 0.4) is 0 Å². The van der Waals surface area contributed by atoms with Gasteiger partial charge in [0.15, 0.2) is 0 Å². The van der Waals surface area contributed by atoms with Gasteiger partial charge in [0.1, 0.15) is 23.4 Å². The summed E-state index contributed by atoms with van der Waals surface area (Å²) in [6.07, 6.45) is 1.33. The van der Waals surface area contributed by atoms with Crippen molar-refractivity contribution in [2.75, 3.05) is 6.54 Å². The van der Waals surface area contributed by atoms with E-state index in [1.807, 2.05) is 0 Å². The molecule has 31 heavy (non-hydrogen) atoms. The highest BCUT2D eigenvalue weighted by Gasteiger charge is 2.18. The van der Waals surface area contributed by atoms with E-state index in [1.54, 1.807) is 31.2 Å². The maximum absolute atomic E-state index is 12.2. The Morgan fingerprint density at radius 1 is 1.19 bits per heavy atom. The Bertz CT molecular complexity index is 993. The topological polar surface area (TPSA) is 176 Å². The summed E-state index contributed by atoms with van der Waals surface area (Å²) < 4.78 is 10.7. The summed E-state index contributed by atoms with van der Waals surface area (Å²) in [7, 11) is 0. The summed E-state index contributed by atoms with van der Waals surface area (Å²) in [6.45, 7) is 1.93. The molecule has 0 saturated heterocycles. The fourth-order valence-corrected chi connectivity index (χ4v) is 2.56. The van der Waals surface area contributed by atoms with Gasteiger partial charge in [0, 0.05) is 18.5 Å². The van der Waals surface area contributed by atoms with Gasteiger partial charge in [-0.15, -0.1) is 0 Å². The van der Waals surface area contributed by atoms with Gasteiger partial charge in [0.25, 0.3) is 0 Å². The number of esters is 1. The molecular formula is C21H23N3O7. The Morgan fingerprint density at radius 3 is 2.45 bits per heavy atom. The predicted molar refractivity (Wildman–Crippen MR) is 111 cm³/mol. The molecule has 0 unspecified atom stereocenters. The Labute approximate surface area is 177 Å². The normalized spacial score (nSPS) is 12.2. The second-order valence-electron chi connectivity index (χ2n) is 6.72. The number of ether oxygens (including phenoxy) is 1. The van der Waals surface area contributed by atoms with Gasteiger partial charge in [-0.05, 0) is 55.8 Å². The SMILES string of the molecule is C/C(=C\c1ccc(C(=O)Oc2ccc(C(=N)N)cc2)o1)CN[C@@H](CCC(=O)O)C(=O)O. The fraction of sp³-hybridized carbons (Fsp3) is 0.238. The third kappa shape index (κ3) is 7.44. The number of nitrogen functional groups attached to an aromatic ring is 1. The van der Waals surface area contributed by atoms with Gasteiger partial charge in [-0.1, -0.05) is 5.57 Å². The van der Waals surface area contributed by atoms with Crippen LogP contribution in [-0.2, 0) is 9.59 Å². The molecule has 10 heteroatoms. The quantitative estimate of drug-likeness (QED) is 0.155. The molecule has 2 aromatic rings. The number of carbonyl (C=O) groups is 3. The average molecular weight is 429 g/mol. The van der Waals surface area contributed by atoms with Crippen molar-refractivity contribution in [3.05, 3.63) is 59.1 Å². The number of nitrogens with one attached hydrogen (secondary N) is 2. The summed E-state index contributed by atoms with van der Waals surface area (Å²) in [5.74, 6) is -2.38. The molecule has 10 nitrogen and oxygen atoms in total. The minimum Gasteiger partial charge on any atom is -0.481 e. The van der Waals surface area contributed by atoms with E-state index in [1.165, 1.54) is 18.2 Å². The molecule has 6 N–H and O–H groups in total. The van der Waals surface area contributed by atoms with Crippen LogP contribution in [-0.4, -0.2) is 46.5 Å². The van der Waals surface area contributed by atoms with Gasteiger partial charge < -0.3 is 30.4 Å². The van der Waals surface area contributed by atoms with Crippen molar-refractivity contribution in [1.29, 1.82) is 5.41 Å². The van der Waals surface area contributed by atoms with Gasteiger partial charge in [0.2, 0.25) is 5.76 Å². The number of rotatable bonds is 11. The van der Waals surface area contributed by atoms with Crippen molar-refractivity contribution in [2.24, 2.45) is 5.73 Å². The molecule has 0 spiro atoms. The molecule has 0 radical (unpaired) electrons. The summed E-state index contributed by atoms with van der Waals surface area (Å²) in [6, 6.07) is 8.16. The highest BCUT2D eigenvalue weighted by Crippen LogP contribution is 2.17. The number of hydrogen-bond donors (Lipinski definition) is 5. The molecular weight excluding hydrogens is 406 g/mol. The summed E-state index contributed by atoms with van der Waals surface area (Å²) in [5.41, 5.74) is 6.60. The molecule has 0 saturated carbocycles. The second-order valence-corrected chi connectivity index (χ2v) is 6.72. The molecule has 0 amide bonds. The maximum atomic E-state index is 12.2. The van der Waals surface area contributed by atoms with Crippen molar-refractivity contribution in [3.63, 3.8) is 0 Å². The smallest absolute Gasteiger partial charge is 0.379 e. The van der Waals surface area contributed by atoms with Gasteiger partial charge >= 0.3 is 17.9 Å². The number of amidine groups is 1. The van der Waals surface area contributed by atoms with Crippen molar-refractivity contribution < 1.29 is 33.8 Å². The van der Waals surface area contributed by atoms with E-state index in [0.29, 0.717) is 11.3 Å². The first kappa shape index (κ1) is 23.4. The number of carbonyl (C=O) groups excluding carboxylic acids is 1. The Kier molecular flexibility index (Phi) is 8.09. The van der Waals surface area contributed by atoms with Crippen molar-refractivity contribution in [3.8, 4) is 5.75 Å². The Hall–Kier alpha value is -3.92. The van der Waals surface area contributed by atoms with Gasteiger partial charge in [0.05, 0.1) is 0 Å². The molecule has 0 bridgehead atoms. The first-order valence-electron chi connectivity index (χ1n) is 9.27. The number of hydrogen-bond acceptors (Lipinski definition) is 7. The van der Waals surface area contributed by atoms with Crippen LogP contribution < -0.4 is 15.8 Å². The minimum atomic E-state index is -1.13. The molecule has 0 aliphatic heterocycles. The first-order chi connectivity index (χ1) is 14.7. The molecule has 0 aliphatic rings. The highest BCUT2D eigenvalue weighted by atomic mass is 16.5. The van der Waals surface area contributed by atoms with Crippen LogP contribution in [0.1, 0.15) is 41.6 Å². The Balaban J connectivity index is 1.94. The monoisotopic (exact) mass is 429 g/mol. The van der Waals surface area contributed by atoms with Crippen LogP contribution in [0.2, 0.25) is 0 Å². The van der Waals surface area contributed by atoms with E-state index in [2.05, 4.69) is 5.32 Å². The molecule has 164 valence electrons. The number of nitrogens with two attached hydrogens (primary N) is 1. The zero-order valence-corrected chi connectivity index (χ0v) is 16.8. The molecule has 1 heterocycles. The fourth-order valence-electron chi connectivity index (χ4n) is 2.56. The van der Waals surface area contributed by atoms with Crippen LogP contribution >= 0.6 is 0 Å². The standard InChI is InChI=1S/C21H23N3O7/c1-12(11-24-16(20(27)28)7-9-18(25)26)10-15-6-8-17(30-15)21(29)31-14-4-2-13(3-5-14)19(22)23/h2-6,8,10,16,24H,7,9,11H2,1H3,(H3,22,23)(H,25,26)(H,27,28)/b12-10+/t16-/m0/s1. The number of carboxylic acids is 2. The van der Waals surface area contributed by atoms with Crippen molar-refractivity contribution in [2.45, 2.75) is 25.8 Å². The van der Waals surface area contributed by atoms with E-state index in [0.717, 1.165) is 5.57 Å². The maximum Gasteiger partial charge on any atom is 0.379 e.